The average molecular weight is 248 g/mol. The van der Waals surface area contributed by atoms with Crippen LogP contribution in [0.2, 0.25) is 0 Å². The smallest absolute Gasteiger partial charge is 0.261 e. The van der Waals surface area contributed by atoms with Crippen LogP contribution in [0.25, 0.3) is 0 Å². The molecule has 0 aliphatic rings. The Bertz CT molecular complexity index is 563. The second-order valence-corrected chi connectivity index (χ2v) is 4.18. The first kappa shape index (κ1) is 12.3. The molecule has 0 atom stereocenters. The van der Waals surface area contributed by atoms with Crippen LogP contribution in [0.1, 0.15) is 40.1 Å². The van der Waals surface area contributed by atoms with Crippen LogP contribution in [0.4, 0.5) is 5.69 Å². The van der Waals surface area contributed by atoms with Crippen molar-refractivity contribution in [2.24, 2.45) is 0 Å². The van der Waals surface area contributed by atoms with Gasteiger partial charge in [0.25, 0.3) is 5.91 Å². The zero-order valence-electron chi connectivity index (χ0n) is 10.9. The Hall–Kier alpha value is -2.11. The Morgan fingerprint density at radius 2 is 2.11 bits per heavy atom. The maximum Gasteiger partial charge on any atom is 0.261 e. The van der Waals surface area contributed by atoms with E-state index in [1.54, 1.807) is 6.92 Å². The molecular weight excluding hydrogens is 232 g/mol. The van der Waals surface area contributed by atoms with E-state index < -0.39 is 0 Å². The molecule has 2 N–H and O–H groups in total. The minimum absolute atomic E-state index is 0.210. The largest absolute Gasteiger partial charge is 0.361 e. The highest BCUT2D eigenvalue weighted by Gasteiger charge is 2.20. The molecule has 96 valence electrons. The molecule has 0 aliphatic heterocycles. The molecule has 0 saturated carbocycles. The van der Waals surface area contributed by atoms with Gasteiger partial charge in [0.2, 0.25) is 0 Å². The van der Waals surface area contributed by atoms with Crippen LogP contribution >= 0.6 is 0 Å². The van der Waals surface area contributed by atoms with Gasteiger partial charge in [-0.2, -0.15) is 5.10 Å². The van der Waals surface area contributed by atoms with Crippen molar-refractivity contribution in [3.05, 3.63) is 28.4 Å². The number of aryl methyl sites for hydroxylation is 4. The Labute approximate surface area is 105 Å². The molecule has 0 spiro atoms. The van der Waals surface area contributed by atoms with Gasteiger partial charge >= 0.3 is 0 Å². The summed E-state index contributed by atoms with van der Waals surface area (Å²) in [6, 6.07) is 0. The lowest BCUT2D eigenvalue weighted by atomic mass is 10.1. The van der Waals surface area contributed by atoms with Crippen LogP contribution in [-0.4, -0.2) is 21.3 Å². The molecule has 0 aromatic carbocycles. The first-order chi connectivity index (χ1) is 8.54. The van der Waals surface area contributed by atoms with Crippen LogP contribution in [-0.2, 0) is 6.42 Å². The van der Waals surface area contributed by atoms with Crippen LogP contribution in [0, 0.1) is 20.8 Å². The summed E-state index contributed by atoms with van der Waals surface area (Å²) in [5.74, 6) is 0.321. The Balaban J connectivity index is 2.30. The van der Waals surface area contributed by atoms with E-state index in [2.05, 4.69) is 20.7 Å². The summed E-state index contributed by atoms with van der Waals surface area (Å²) in [4.78, 5) is 12.2. The molecule has 2 aromatic heterocycles. The highest BCUT2D eigenvalue weighted by Crippen LogP contribution is 2.20. The van der Waals surface area contributed by atoms with Gasteiger partial charge in [0.1, 0.15) is 11.3 Å². The number of hydrogen-bond donors (Lipinski definition) is 2. The predicted molar refractivity (Wildman–Crippen MR) is 66.6 cm³/mol. The van der Waals surface area contributed by atoms with E-state index in [1.807, 2.05) is 20.8 Å². The third-order valence-electron chi connectivity index (χ3n) is 2.86. The number of aromatic nitrogens is 3. The molecule has 2 heterocycles. The molecule has 6 nitrogen and oxygen atoms in total. The summed E-state index contributed by atoms with van der Waals surface area (Å²) in [5.41, 5.74) is 3.48. The molecule has 0 bridgehead atoms. The van der Waals surface area contributed by atoms with Gasteiger partial charge in [-0.3, -0.25) is 9.89 Å². The van der Waals surface area contributed by atoms with Crippen molar-refractivity contribution in [1.82, 2.24) is 15.4 Å². The second kappa shape index (κ2) is 4.64. The normalized spacial score (nSPS) is 10.7. The minimum Gasteiger partial charge on any atom is -0.361 e. The maximum absolute atomic E-state index is 12.2. The lowest BCUT2D eigenvalue weighted by Crippen LogP contribution is -2.15. The van der Waals surface area contributed by atoms with Gasteiger partial charge < -0.3 is 9.84 Å². The maximum atomic E-state index is 12.2. The Morgan fingerprint density at radius 1 is 1.39 bits per heavy atom. The molecule has 0 aliphatic carbocycles. The van der Waals surface area contributed by atoms with Gasteiger partial charge in [0.15, 0.2) is 0 Å². The van der Waals surface area contributed by atoms with E-state index in [0.29, 0.717) is 29.1 Å². The third kappa shape index (κ3) is 2.01. The second-order valence-electron chi connectivity index (χ2n) is 4.18. The summed E-state index contributed by atoms with van der Waals surface area (Å²) in [6.07, 6.45) is 0.656. The van der Waals surface area contributed by atoms with Crippen molar-refractivity contribution in [3.8, 4) is 0 Å². The van der Waals surface area contributed by atoms with Gasteiger partial charge in [0, 0.05) is 0 Å². The van der Waals surface area contributed by atoms with Crippen LogP contribution in [0.15, 0.2) is 4.52 Å². The highest BCUT2D eigenvalue weighted by molar-refractivity contribution is 6.06. The third-order valence-corrected chi connectivity index (χ3v) is 2.86. The summed E-state index contributed by atoms with van der Waals surface area (Å²) in [5, 5.41) is 13.6. The number of nitrogens with zero attached hydrogens (tertiary/aromatic N) is 2. The number of amides is 1. The zero-order chi connectivity index (χ0) is 13.3. The first-order valence-corrected chi connectivity index (χ1v) is 5.82. The molecule has 0 unspecified atom stereocenters. The van der Waals surface area contributed by atoms with E-state index in [-0.39, 0.29) is 5.91 Å². The summed E-state index contributed by atoms with van der Waals surface area (Å²) in [7, 11) is 0. The SMILES string of the molecule is CCc1noc(C)c1C(=O)Nc1c(C)n[nH]c1C. The molecule has 0 saturated heterocycles. The fourth-order valence-electron chi connectivity index (χ4n) is 1.86. The minimum atomic E-state index is -0.210. The standard InChI is InChI=1S/C12H16N4O2/c1-5-9-10(8(4)18-16-9)12(17)13-11-6(2)14-15-7(11)3/h5H2,1-4H3,(H,13,17)(H,14,15). The molecule has 6 heteroatoms. The summed E-state index contributed by atoms with van der Waals surface area (Å²) < 4.78 is 5.05. The number of carbonyl (C=O) groups is 1. The first-order valence-electron chi connectivity index (χ1n) is 5.82. The van der Waals surface area contributed by atoms with E-state index in [4.69, 9.17) is 4.52 Å². The van der Waals surface area contributed by atoms with Crippen molar-refractivity contribution >= 4 is 11.6 Å². The fraction of sp³-hybridized carbons (Fsp3) is 0.417. The van der Waals surface area contributed by atoms with E-state index in [0.717, 1.165) is 11.4 Å². The zero-order valence-corrected chi connectivity index (χ0v) is 10.9. The van der Waals surface area contributed by atoms with Crippen molar-refractivity contribution < 1.29 is 9.32 Å². The monoisotopic (exact) mass is 248 g/mol. The van der Waals surface area contributed by atoms with Crippen molar-refractivity contribution in [2.75, 3.05) is 5.32 Å². The molecule has 0 fully saturated rings. The van der Waals surface area contributed by atoms with Crippen LogP contribution in [0.5, 0.6) is 0 Å². The number of carbonyl (C=O) groups excluding carboxylic acids is 1. The van der Waals surface area contributed by atoms with E-state index in [9.17, 15) is 4.79 Å². The lowest BCUT2D eigenvalue weighted by Gasteiger charge is -2.04. The molecule has 1 amide bonds. The summed E-state index contributed by atoms with van der Waals surface area (Å²) in [6.45, 7) is 7.36. The number of nitrogens with one attached hydrogen (secondary N) is 2. The highest BCUT2D eigenvalue weighted by atomic mass is 16.5. The summed E-state index contributed by atoms with van der Waals surface area (Å²) >= 11 is 0. The number of rotatable bonds is 3. The number of hydrogen-bond acceptors (Lipinski definition) is 4. The number of H-pyrrole nitrogens is 1. The van der Waals surface area contributed by atoms with Gasteiger partial charge in [-0.1, -0.05) is 12.1 Å². The molecule has 2 aromatic rings. The molecule has 0 radical (unpaired) electrons. The van der Waals surface area contributed by atoms with Crippen LogP contribution < -0.4 is 5.32 Å². The quantitative estimate of drug-likeness (QED) is 0.871. The van der Waals surface area contributed by atoms with Gasteiger partial charge in [-0.05, 0) is 27.2 Å². The Morgan fingerprint density at radius 3 is 2.67 bits per heavy atom. The lowest BCUT2D eigenvalue weighted by molar-refractivity contribution is 0.102. The molecule has 18 heavy (non-hydrogen) atoms. The van der Waals surface area contributed by atoms with Crippen molar-refractivity contribution in [2.45, 2.75) is 34.1 Å². The topological polar surface area (TPSA) is 83.8 Å². The van der Waals surface area contributed by atoms with Gasteiger partial charge in [-0.25, -0.2) is 0 Å². The molecule has 2 rings (SSSR count). The van der Waals surface area contributed by atoms with Gasteiger partial charge in [0.05, 0.1) is 22.8 Å². The van der Waals surface area contributed by atoms with Crippen molar-refractivity contribution in [3.63, 3.8) is 0 Å². The number of anilines is 1. The fourth-order valence-corrected chi connectivity index (χ4v) is 1.86. The van der Waals surface area contributed by atoms with E-state index in [1.165, 1.54) is 0 Å². The van der Waals surface area contributed by atoms with Crippen molar-refractivity contribution in [1.29, 1.82) is 0 Å². The van der Waals surface area contributed by atoms with E-state index >= 15 is 0 Å². The van der Waals surface area contributed by atoms with Gasteiger partial charge in [-0.15, -0.1) is 0 Å². The average Bonchev–Trinajstić information content (AvgIpc) is 2.86. The Kier molecular flexibility index (Phi) is 3.18. The van der Waals surface area contributed by atoms with Crippen LogP contribution in [0.3, 0.4) is 0 Å². The predicted octanol–water partition coefficient (Wildman–Crippen LogP) is 2.14. The molecular formula is C12H16N4O2. The number of aromatic amines is 1.